The van der Waals surface area contributed by atoms with Gasteiger partial charge in [0.1, 0.15) is 5.75 Å². The minimum absolute atomic E-state index is 0.0128. The number of nitrogens with zero attached hydrogens (tertiary/aromatic N) is 2. The minimum atomic E-state index is -0.447. The molecule has 0 spiro atoms. The highest BCUT2D eigenvalue weighted by atomic mass is 16.5. The third-order valence-electron chi connectivity index (χ3n) is 5.64. The van der Waals surface area contributed by atoms with Crippen LogP contribution in [0, 0.1) is 5.92 Å². The largest absolute Gasteiger partial charge is 0.496 e. The maximum absolute atomic E-state index is 12.9. The Bertz CT molecular complexity index is 736. The number of carbonyl (C=O) groups is 3. The SMILES string of the molecule is CCN1C(=O)C[C@@H](C(=O)NCCCN2CCCC2=O)[C@@H]1c1ccccc1OC. The Balaban J connectivity index is 1.65. The van der Waals surface area contributed by atoms with Gasteiger partial charge in [-0.1, -0.05) is 18.2 Å². The van der Waals surface area contributed by atoms with E-state index in [1.807, 2.05) is 36.1 Å². The Hall–Kier alpha value is -2.57. The molecule has 1 aromatic rings. The molecular weight excluding hydrogens is 358 g/mol. The van der Waals surface area contributed by atoms with Gasteiger partial charge >= 0.3 is 0 Å². The fourth-order valence-electron chi connectivity index (χ4n) is 4.25. The highest BCUT2D eigenvalue weighted by molar-refractivity contribution is 5.90. The highest BCUT2D eigenvalue weighted by Gasteiger charge is 2.44. The van der Waals surface area contributed by atoms with E-state index in [1.165, 1.54) is 0 Å². The van der Waals surface area contributed by atoms with E-state index in [0.717, 1.165) is 24.9 Å². The van der Waals surface area contributed by atoms with E-state index in [2.05, 4.69) is 5.32 Å². The molecule has 0 bridgehead atoms. The van der Waals surface area contributed by atoms with Crippen molar-refractivity contribution in [2.75, 3.05) is 33.3 Å². The number of ether oxygens (including phenoxy) is 1. The quantitative estimate of drug-likeness (QED) is 0.689. The number of hydrogen-bond donors (Lipinski definition) is 1. The predicted molar refractivity (Wildman–Crippen MR) is 105 cm³/mol. The fourth-order valence-corrected chi connectivity index (χ4v) is 4.25. The van der Waals surface area contributed by atoms with Gasteiger partial charge in [0.05, 0.1) is 19.1 Å². The van der Waals surface area contributed by atoms with Crippen molar-refractivity contribution in [2.24, 2.45) is 5.92 Å². The molecule has 7 heteroatoms. The lowest BCUT2D eigenvalue weighted by Gasteiger charge is -2.28. The predicted octanol–water partition coefficient (Wildman–Crippen LogP) is 1.73. The molecule has 2 aliphatic heterocycles. The lowest BCUT2D eigenvalue weighted by molar-refractivity contribution is -0.129. The zero-order valence-corrected chi connectivity index (χ0v) is 16.6. The Kier molecular flexibility index (Phi) is 6.54. The Morgan fingerprint density at radius 3 is 2.71 bits per heavy atom. The topological polar surface area (TPSA) is 79.0 Å². The van der Waals surface area contributed by atoms with Crippen molar-refractivity contribution in [3.8, 4) is 5.75 Å². The van der Waals surface area contributed by atoms with Gasteiger partial charge in [0.15, 0.2) is 0 Å². The number of benzene rings is 1. The van der Waals surface area contributed by atoms with E-state index in [9.17, 15) is 14.4 Å². The number of rotatable bonds is 8. The summed E-state index contributed by atoms with van der Waals surface area (Å²) in [5, 5.41) is 2.97. The van der Waals surface area contributed by atoms with E-state index >= 15 is 0 Å². The maximum atomic E-state index is 12.9. The highest BCUT2D eigenvalue weighted by Crippen LogP contribution is 2.41. The van der Waals surface area contributed by atoms with Gasteiger partial charge in [0.25, 0.3) is 0 Å². The van der Waals surface area contributed by atoms with Crippen molar-refractivity contribution in [1.82, 2.24) is 15.1 Å². The summed E-state index contributed by atoms with van der Waals surface area (Å²) in [6.07, 6.45) is 2.47. The minimum Gasteiger partial charge on any atom is -0.496 e. The second-order valence-electron chi connectivity index (χ2n) is 7.31. The molecule has 0 aliphatic carbocycles. The first-order chi connectivity index (χ1) is 13.6. The van der Waals surface area contributed by atoms with Gasteiger partial charge < -0.3 is 19.9 Å². The van der Waals surface area contributed by atoms with E-state index in [-0.39, 0.29) is 30.2 Å². The van der Waals surface area contributed by atoms with Crippen LogP contribution in [0.3, 0.4) is 0 Å². The first-order valence-electron chi connectivity index (χ1n) is 10.0. The first-order valence-corrected chi connectivity index (χ1v) is 10.0. The summed E-state index contributed by atoms with van der Waals surface area (Å²) in [5.41, 5.74) is 0.862. The average molecular weight is 387 g/mol. The Morgan fingerprint density at radius 1 is 1.25 bits per heavy atom. The van der Waals surface area contributed by atoms with Crippen LogP contribution < -0.4 is 10.1 Å². The fraction of sp³-hybridized carbons (Fsp3) is 0.571. The zero-order valence-electron chi connectivity index (χ0n) is 16.6. The smallest absolute Gasteiger partial charge is 0.226 e. The molecule has 0 aromatic heterocycles. The third kappa shape index (κ3) is 4.13. The molecule has 2 fully saturated rings. The summed E-state index contributed by atoms with van der Waals surface area (Å²) in [5.74, 6) is 0.305. The van der Waals surface area contributed by atoms with Crippen molar-refractivity contribution >= 4 is 17.7 Å². The van der Waals surface area contributed by atoms with Crippen molar-refractivity contribution in [1.29, 1.82) is 0 Å². The molecule has 2 saturated heterocycles. The van der Waals surface area contributed by atoms with Crippen LogP contribution in [0.4, 0.5) is 0 Å². The van der Waals surface area contributed by atoms with Crippen LogP contribution in [0.2, 0.25) is 0 Å². The lowest BCUT2D eigenvalue weighted by atomic mass is 9.92. The van der Waals surface area contributed by atoms with Crippen LogP contribution in [-0.2, 0) is 14.4 Å². The number of nitrogens with one attached hydrogen (secondary N) is 1. The molecule has 7 nitrogen and oxygen atoms in total. The van der Waals surface area contributed by atoms with Gasteiger partial charge in [-0.15, -0.1) is 0 Å². The molecule has 3 rings (SSSR count). The molecule has 152 valence electrons. The average Bonchev–Trinajstić information content (AvgIpc) is 3.27. The molecule has 28 heavy (non-hydrogen) atoms. The second-order valence-corrected chi connectivity index (χ2v) is 7.31. The summed E-state index contributed by atoms with van der Waals surface area (Å²) >= 11 is 0. The molecule has 0 radical (unpaired) electrons. The van der Waals surface area contributed by atoms with Gasteiger partial charge in [0, 0.05) is 44.6 Å². The van der Waals surface area contributed by atoms with Crippen LogP contribution in [0.25, 0.3) is 0 Å². The molecule has 0 saturated carbocycles. The van der Waals surface area contributed by atoms with Crippen LogP contribution >= 0.6 is 0 Å². The molecule has 2 aliphatic rings. The molecular formula is C21H29N3O4. The number of para-hydroxylation sites is 1. The molecule has 2 atom stereocenters. The first kappa shape index (κ1) is 20.2. The number of carbonyl (C=O) groups excluding carboxylic acids is 3. The van der Waals surface area contributed by atoms with Gasteiger partial charge in [-0.05, 0) is 25.8 Å². The lowest BCUT2D eigenvalue weighted by Crippen LogP contribution is -2.37. The summed E-state index contributed by atoms with van der Waals surface area (Å²) in [6.45, 7) is 4.44. The third-order valence-corrected chi connectivity index (χ3v) is 5.64. The Morgan fingerprint density at radius 2 is 2.04 bits per heavy atom. The summed E-state index contributed by atoms with van der Waals surface area (Å²) < 4.78 is 5.47. The Labute approximate surface area is 166 Å². The van der Waals surface area contributed by atoms with Crippen LogP contribution in [0.5, 0.6) is 5.75 Å². The molecule has 1 N–H and O–H groups in total. The van der Waals surface area contributed by atoms with Crippen molar-refractivity contribution in [3.63, 3.8) is 0 Å². The van der Waals surface area contributed by atoms with E-state index in [0.29, 0.717) is 31.8 Å². The standard InChI is InChI=1S/C21H29N3O4/c1-3-24-19(26)14-16(20(24)15-8-4-5-9-17(15)28-2)21(27)22-11-7-13-23-12-6-10-18(23)25/h4-5,8-9,16,20H,3,6-7,10-14H2,1-2H3,(H,22,27)/t16-,20+/m1/s1. The van der Waals surface area contributed by atoms with Crippen molar-refractivity contribution < 1.29 is 19.1 Å². The normalized spacial score (nSPS) is 22.1. The van der Waals surface area contributed by atoms with Gasteiger partial charge in [-0.25, -0.2) is 0 Å². The molecule has 2 heterocycles. The van der Waals surface area contributed by atoms with E-state index in [1.54, 1.807) is 12.0 Å². The van der Waals surface area contributed by atoms with Crippen LogP contribution in [-0.4, -0.2) is 60.8 Å². The zero-order chi connectivity index (χ0) is 20.1. The molecule has 3 amide bonds. The number of methoxy groups -OCH3 is 1. The molecule has 1 aromatic carbocycles. The summed E-state index contributed by atoms with van der Waals surface area (Å²) in [7, 11) is 1.60. The van der Waals surface area contributed by atoms with Crippen molar-refractivity contribution in [3.05, 3.63) is 29.8 Å². The van der Waals surface area contributed by atoms with Gasteiger partial charge in [-0.2, -0.15) is 0 Å². The number of likely N-dealkylation sites (tertiary alicyclic amines) is 2. The van der Waals surface area contributed by atoms with Gasteiger partial charge in [-0.3, -0.25) is 14.4 Å². The van der Waals surface area contributed by atoms with Crippen LogP contribution in [0.1, 0.15) is 44.2 Å². The van der Waals surface area contributed by atoms with Crippen LogP contribution in [0.15, 0.2) is 24.3 Å². The monoisotopic (exact) mass is 387 g/mol. The van der Waals surface area contributed by atoms with Crippen molar-refractivity contribution in [2.45, 2.75) is 38.6 Å². The maximum Gasteiger partial charge on any atom is 0.226 e. The number of amides is 3. The van der Waals surface area contributed by atoms with E-state index in [4.69, 9.17) is 4.74 Å². The van der Waals surface area contributed by atoms with E-state index < -0.39 is 5.92 Å². The van der Waals surface area contributed by atoms with Gasteiger partial charge in [0.2, 0.25) is 17.7 Å². The number of hydrogen-bond acceptors (Lipinski definition) is 4. The summed E-state index contributed by atoms with van der Waals surface area (Å²) in [4.78, 5) is 40.7. The summed E-state index contributed by atoms with van der Waals surface area (Å²) in [6, 6.07) is 7.23. The second kappa shape index (κ2) is 9.08. The molecule has 0 unspecified atom stereocenters.